The summed E-state index contributed by atoms with van der Waals surface area (Å²) in [4.78, 5) is 37.7. The van der Waals surface area contributed by atoms with Crippen LogP contribution in [0, 0.1) is 11.3 Å². The minimum Gasteiger partial charge on any atom is -0.381 e. The molecule has 2 aliphatic heterocycles. The van der Waals surface area contributed by atoms with E-state index in [1.54, 1.807) is 23.2 Å². The summed E-state index contributed by atoms with van der Waals surface area (Å²) in [5.41, 5.74) is 4.83. The highest BCUT2D eigenvalue weighted by molar-refractivity contribution is 5.84. The number of nitrogens with two attached hydrogens (primary N) is 1. The standard InChI is InChI=1S/C16H21N3O4/c17-15(22)16-5-8-23-10-12(16)9-19(11-16)14(21)4-7-18-6-2-1-3-13(18)20/h1-3,6,12H,4-5,7-11H2,(H2,17,22)/t12-,16+/m1/s1. The van der Waals surface area contributed by atoms with Crippen LogP contribution in [0.3, 0.4) is 0 Å². The highest BCUT2D eigenvalue weighted by atomic mass is 16.5. The van der Waals surface area contributed by atoms with Gasteiger partial charge in [-0.25, -0.2) is 0 Å². The van der Waals surface area contributed by atoms with Crippen molar-refractivity contribution in [1.29, 1.82) is 0 Å². The molecule has 2 fully saturated rings. The second-order valence-corrected chi connectivity index (χ2v) is 6.30. The van der Waals surface area contributed by atoms with Crippen molar-refractivity contribution in [3.05, 3.63) is 34.7 Å². The number of pyridine rings is 1. The quantitative estimate of drug-likeness (QED) is 0.816. The van der Waals surface area contributed by atoms with E-state index in [2.05, 4.69) is 0 Å². The largest absolute Gasteiger partial charge is 0.381 e. The predicted octanol–water partition coefficient (Wildman–Crippen LogP) is -0.411. The lowest BCUT2D eigenvalue weighted by Gasteiger charge is -2.34. The van der Waals surface area contributed by atoms with Crippen molar-refractivity contribution >= 4 is 11.8 Å². The highest BCUT2D eigenvalue weighted by Crippen LogP contribution is 2.42. The maximum Gasteiger partial charge on any atom is 0.250 e. The van der Waals surface area contributed by atoms with Crippen molar-refractivity contribution in [2.75, 3.05) is 26.3 Å². The molecule has 7 heteroatoms. The Bertz CT molecular complexity index is 671. The Balaban J connectivity index is 1.66. The molecule has 2 aliphatic rings. The minimum atomic E-state index is -0.655. The summed E-state index contributed by atoms with van der Waals surface area (Å²) in [6, 6.07) is 4.90. The van der Waals surface area contributed by atoms with Crippen molar-refractivity contribution in [2.24, 2.45) is 17.1 Å². The number of likely N-dealkylation sites (tertiary alicyclic amines) is 1. The maximum absolute atomic E-state index is 12.5. The van der Waals surface area contributed by atoms with Crippen LogP contribution in [0.5, 0.6) is 0 Å². The number of rotatable bonds is 4. The minimum absolute atomic E-state index is 0.0304. The summed E-state index contributed by atoms with van der Waals surface area (Å²) < 4.78 is 6.95. The van der Waals surface area contributed by atoms with Gasteiger partial charge < -0.3 is 19.9 Å². The van der Waals surface area contributed by atoms with Crippen LogP contribution in [0.1, 0.15) is 12.8 Å². The van der Waals surface area contributed by atoms with E-state index in [0.29, 0.717) is 39.3 Å². The van der Waals surface area contributed by atoms with E-state index in [4.69, 9.17) is 10.5 Å². The zero-order valence-electron chi connectivity index (χ0n) is 12.9. The fourth-order valence-corrected chi connectivity index (χ4v) is 3.56. The maximum atomic E-state index is 12.5. The van der Waals surface area contributed by atoms with Gasteiger partial charge in [-0.15, -0.1) is 0 Å². The van der Waals surface area contributed by atoms with E-state index in [0.717, 1.165) is 0 Å². The van der Waals surface area contributed by atoms with Gasteiger partial charge in [-0.05, 0) is 12.5 Å². The number of hydrogen-bond acceptors (Lipinski definition) is 4. The molecule has 0 aliphatic carbocycles. The van der Waals surface area contributed by atoms with Gasteiger partial charge in [0.2, 0.25) is 11.8 Å². The highest BCUT2D eigenvalue weighted by Gasteiger charge is 2.53. The molecule has 3 rings (SSSR count). The molecule has 0 aromatic carbocycles. The SMILES string of the molecule is NC(=O)[C@]12CCOC[C@H]1CN(C(=O)CCn1ccccc1=O)C2. The molecular weight excluding hydrogens is 298 g/mol. The summed E-state index contributed by atoms with van der Waals surface area (Å²) in [6.45, 7) is 2.15. The van der Waals surface area contributed by atoms with Crippen LogP contribution in [-0.4, -0.2) is 47.6 Å². The number of aromatic nitrogens is 1. The Morgan fingerprint density at radius 3 is 2.91 bits per heavy atom. The molecule has 2 amide bonds. The molecule has 0 unspecified atom stereocenters. The number of hydrogen-bond donors (Lipinski definition) is 1. The summed E-state index contributed by atoms with van der Waals surface area (Å²) in [6.07, 6.45) is 2.46. The molecular formula is C16H21N3O4. The molecule has 0 radical (unpaired) electrons. The predicted molar refractivity (Wildman–Crippen MR) is 82.5 cm³/mol. The van der Waals surface area contributed by atoms with Crippen LogP contribution >= 0.6 is 0 Å². The molecule has 3 heterocycles. The van der Waals surface area contributed by atoms with Crippen molar-refractivity contribution in [3.63, 3.8) is 0 Å². The fourth-order valence-electron chi connectivity index (χ4n) is 3.56. The third-order valence-corrected chi connectivity index (χ3v) is 5.02. The van der Waals surface area contributed by atoms with E-state index < -0.39 is 5.41 Å². The van der Waals surface area contributed by atoms with E-state index in [1.165, 1.54) is 10.6 Å². The molecule has 1 aromatic rings. The number of carbonyl (C=O) groups excluding carboxylic acids is 2. The molecule has 1 aromatic heterocycles. The second kappa shape index (κ2) is 6.16. The number of carbonyl (C=O) groups is 2. The molecule has 2 saturated heterocycles. The van der Waals surface area contributed by atoms with Gasteiger partial charge in [0.15, 0.2) is 0 Å². The Morgan fingerprint density at radius 1 is 1.39 bits per heavy atom. The number of fused-ring (bicyclic) bond motifs is 1. The van der Waals surface area contributed by atoms with Gasteiger partial charge in [-0.3, -0.25) is 14.4 Å². The number of nitrogens with zero attached hydrogens (tertiary/aromatic N) is 2. The van der Waals surface area contributed by atoms with Gasteiger partial charge in [0.1, 0.15) is 0 Å². The number of ether oxygens (including phenoxy) is 1. The average Bonchev–Trinajstić information content (AvgIpc) is 2.95. The molecule has 0 spiro atoms. The number of amides is 2. The van der Waals surface area contributed by atoms with Gasteiger partial charge in [0.25, 0.3) is 5.56 Å². The lowest BCUT2D eigenvalue weighted by atomic mass is 9.74. The van der Waals surface area contributed by atoms with Crippen molar-refractivity contribution in [2.45, 2.75) is 19.4 Å². The van der Waals surface area contributed by atoms with E-state index in [1.807, 2.05) is 0 Å². The van der Waals surface area contributed by atoms with E-state index in [-0.39, 0.29) is 29.7 Å². The van der Waals surface area contributed by atoms with E-state index >= 15 is 0 Å². The van der Waals surface area contributed by atoms with E-state index in [9.17, 15) is 14.4 Å². The van der Waals surface area contributed by atoms with Gasteiger partial charge >= 0.3 is 0 Å². The van der Waals surface area contributed by atoms with Gasteiger partial charge in [0, 0.05) is 50.8 Å². The van der Waals surface area contributed by atoms with Crippen LogP contribution in [0.4, 0.5) is 0 Å². The Morgan fingerprint density at radius 2 is 2.22 bits per heavy atom. The summed E-state index contributed by atoms with van der Waals surface area (Å²) in [7, 11) is 0. The van der Waals surface area contributed by atoms with Gasteiger partial charge in [-0.2, -0.15) is 0 Å². The second-order valence-electron chi connectivity index (χ2n) is 6.30. The average molecular weight is 319 g/mol. The Labute approximate surface area is 134 Å². The molecule has 0 saturated carbocycles. The number of primary amides is 1. The van der Waals surface area contributed by atoms with Gasteiger partial charge in [0.05, 0.1) is 12.0 Å². The summed E-state index contributed by atoms with van der Waals surface area (Å²) in [5.74, 6) is -0.437. The normalized spacial score (nSPS) is 26.8. The summed E-state index contributed by atoms with van der Waals surface area (Å²) in [5, 5.41) is 0. The molecule has 7 nitrogen and oxygen atoms in total. The lowest BCUT2D eigenvalue weighted by molar-refractivity contribution is -0.136. The molecule has 124 valence electrons. The first kappa shape index (κ1) is 15.7. The molecule has 23 heavy (non-hydrogen) atoms. The molecule has 2 N–H and O–H groups in total. The molecule has 0 bridgehead atoms. The van der Waals surface area contributed by atoms with Crippen molar-refractivity contribution in [1.82, 2.24) is 9.47 Å². The van der Waals surface area contributed by atoms with Crippen molar-refractivity contribution in [3.8, 4) is 0 Å². The zero-order valence-corrected chi connectivity index (χ0v) is 12.9. The van der Waals surface area contributed by atoms with Crippen molar-refractivity contribution < 1.29 is 14.3 Å². The monoisotopic (exact) mass is 319 g/mol. The summed E-state index contributed by atoms with van der Waals surface area (Å²) >= 11 is 0. The van der Waals surface area contributed by atoms with Crippen LogP contribution in [0.2, 0.25) is 0 Å². The third kappa shape index (κ3) is 2.88. The zero-order chi connectivity index (χ0) is 16.4. The first-order valence-electron chi connectivity index (χ1n) is 7.84. The lowest BCUT2D eigenvalue weighted by Crippen LogP contribution is -2.48. The number of aryl methyl sites for hydroxylation is 1. The first-order chi connectivity index (χ1) is 11.0. The Kier molecular flexibility index (Phi) is 4.21. The van der Waals surface area contributed by atoms with Crippen LogP contribution < -0.4 is 11.3 Å². The smallest absolute Gasteiger partial charge is 0.250 e. The van der Waals surface area contributed by atoms with Crippen LogP contribution in [0.15, 0.2) is 29.2 Å². The van der Waals surface area contributed by atoms with Crippen LogP contribution in [0.25, 0.3) is 0 Å². The van der Waals surface area contributed by atoms with Gasteiger partial charge in [-0.1, -0.05) is 6.07 Å². The fraction of sp³-hybridized carbons (Fsp3) is 0.562. The third-order valence-electron chi connectivity index (χ3n) is 5.02. The Hall–Kier alpha value is -2.15. The molecule has 2 atom stereocenters. The van der Waals surface area contributed by atoms with Crippen LogP contribution in [-0.2, 0) is 20.9 Å². The topological polar surface area (TPSA) is 94.6 Å². The first-order valence-corrected chi connectivity index (χ1v) is 7.84.